The van der Waals surface area contributed by atoms with Gasteiger partial charge >= 0.3 is 0 Å². The molecule has 2 aromatic rings. The molecule has 0 aliphatic carbocycles. The largest absolute Gasteiger partial charge is 0.309 e. The van der Waals surface area contributed by atoms with Gasteiger partial charge < -0.3 is 4.90 Å². The zero-order chi connectivity index (χ0) is 18.2. The van der Waals surface area contributed by atoms with E-state index < -0.39 is 0 Å². The van der Waals surface area contributed by atoms with Crippen LogP contribution < -0.4 is 4.90 Å². The molecule has 1 aliphatic heterocycles. The van der Waals surface area contributed by atoms with Crippen molar-refractivity contribution in [2.75, 3.05) is 17.3 Å². The number of nitrogens with zero attached hydrogens (tertiary/aromatic N) is 2. The maximum Gasteiger partial charge on any atom is 0.241 e. The number of hydrogen-bond acceptors (Lipinski definition) is 2. The fourth-order valence-electron chi connectivity index (χ4n) is 3.42. The lowest BCUT2D eigenvalue weighted by Gasteiger charge is -2.19. The first-order valence-electron chi connectivity index (χ1n) is 8.49. The smallest absolute Gasteiger partial charge is 0.241 e. The van der Waals surface area contributed by atoms with Crippen molar-refractivity contribution in [3.63, 3.8) is 0 Å². The number of alkyl halides is 1. The van der Waals surface area contributed by atoms with E-state index in [-0.39, 0.29) is 23.0 Å². The molecule has 0 unspecified atom stereocenters. The van der Waals surface area contributed by atoms with Crippen LogP contribution in [-0.4, -0.2) is 23.3 Å². The van der Waals surface area contributed by atoms with Crippen molar-refractivity contribution in [2.24, 2.45) is 0 Å². The van der Waals surface area contributed by atoms with Crippen LogP contribution in [0.15, 0.2) is 30.3 Å². The Morgan fingerprint density at radius 2 is 2.00 bits per heavy atom. The molecule has 0 radical (unpaired) electrons. The summed E-state index contributed by atoms with van der Waals surface area (Å²) in [4.78, 5) is 18.9. The standard InChI is InChI=1S/C20H22ClFN2O/c1-4-16-14(9-13-5-7-15(22)8-6-13)10-17-19(23-16)20(2,3)12-24(17)18(25)11-21/h5-8,10H,4,9,11-12H2,1-3H3. The average Bonchev–Trinajstić information content (AvgIpc) is 2.86. The number of carbonyl (C=O) groups is 1. The van der Waals surface area contributed by atoms with Gasteiger partial charge in [0.2, 0.25) is 5.91 Å². The molecule has 0 saturated heterocycles. The molecular weight excluding hydrogens is 339 g/mol. The molecule has 1 amide bonds. The lowest BCUT2D eigenvalue weighted by Crippen LogP contribution is -2.34. The zero-order valence-corrected chi connectivity index (χ0v) is 15.5. The molecule has 1 aliphatic rings. The number of benzene rings is 1. The minimum absolute atomic E-state index is 0.0433. The molecule has 5 heteroatoms. The Morgan fingerprint density at radius 1 is 1.32 bits per heavy atom. The van der Waals surface area contributed by atoms with Crippen molar-refractivity contribution in [3.8, 4) is 0 Å². The van der Waals surface area contributed by atoms with Gasteiger partial charge in [-0.25, -0.2) is 4.39 Å². The van der Waals surface area contributed by atoms with Crippen LogP contribution in [0.4, 0.5) is 10.1 Å². The van der Waals surface area contributed by atoms with Gasteiger partial charge in [0.15, 0.2) is 0 Å². The van der Waals surface area contributed by atoms with Crippen molar-refractivity contribution in [2.45, 2.75) is 39.0 Å². The molecule has 1 aromatic heterocycles. The number of amides is 1. The summed E-state index contributed by atoms with van der Waals surface area (Å²) in [6.45, 7) is 6.86. The van der Waals surface area contributed by atoms with Gasteiger partial charge in [-0.2, -0.15) is 0 Å². The third kappa shape index (κ3) is 3.40. The topological polar surface area (TPSA) is 33.2 Å². The van der Waals surface area contributed by atoms with Crippen molar-refractivity contribution >= 4 is 23.2 Å². The maximum atomic E-state index is 13.1. The van der Waals surface area contributed by atoms with E-state index in [4.69, 9.17) is 16.6 Å². The number of anilines is 1. The van der Waals surface area contributed by atoms with E-state index in [1.54, 1.807) is 17.0 Å². The highest BCUT2D eigenvalue weighted by atomic mass is 35.5. The molecule has 3 rings (SSSR count). The third-order valence-corrected chi connectivity index (χ3v) is 4.94. The Kier molecular flexibility index (Phi) is 4.83. The SMILES string of the molecule is CCc1nc2c(cc1Cc1ccc(F)cc1)N(C(=O)CCl)CC2(C)C. The molecule has 0 atom stereocenters. The van der Waals surface area contributed by atoms with Gasteiger partial charge in [-0.05, 0) is 42.2 Å². The number of pyridine rings is 1. The second-order valence-electron chi connectivity index (χ2n) is 7.12. The predicted octanol–water partition coefficient (Wildman–Crippen LogP) is 4.24. The van der Waals surface area contributed by atoms with Crippen LogP contribution in [0.25, 0.3) is 0 Å². The molecule has 25 heavy (non-hydrogen) atoms. The van der Waals surface area contributed by atoms with Crippen LogP contribution in [0.3, 0.4) is 0 Å². The second-order valence-corrected chi connectivity index (χ2v) is 7.38. The number of hydrogen-bond donors (Lipinski definition) is 0. The van der Waals surface area contributed by atoms with Crippen LogP contribution in [0, 0.1) is 5.82 Å². The number of halogens is 2. The number of carbonyl (C=O) groups excluding carboxylic acids is 1. The molecule has 3 nitrogen and oxygen atoms in total. The van der Waals surface area contributed by atoms with E-state index in [2.05, 4.69) is 26.8 Å². The number of rotatable bonds is 4. The molecule has 0 fully saturated rings. The summed E-state index contributed by atoms with van der Waals surface area (Å²) >= 11 is 5.79. The molecular formula is C20H22ClFN2O. The Labute approximate surface area is 152 Å². The van der Waals surface area contributed by atoms with Crippen molar-refractivity contribution in [1.82, 2.24) is 4.98 Å². The van der Waals surface area contributed by atoms with Gasteiger partial charge in [-0.15, -0.1) is 11.6 Å². The zero-order valence-electron chi connectivity index (χ0n) is 14.8. The number of fused-ring (bicyclic) bond motifs is 1. The summed E-state index contributed by atoms with van der Waals surface area (Å²) in [6.07, 6.45) is 1.47. The highest BCUT2D eigenvalue weighted by Crippen LogP contribution is 2.40. The van der Waals surface area contributed by atoms with Gasteiger partial charge in [0, 0.05) is 17.7 Å². The number of aromatic nitrogens is 1. The van der Waals surface area contributed by atoms with Crippen molar-refractivity contribution in [1.29, 1.82) is 0 Å². The van der Waals surface area contributed by atoms with E-state index >= 15 is 0 Å². The fraction of sp³-hybridized carbons (Fsp3) is 0.400. The van der Waals surface area contributed by atoms with E-state index in [9.17, 15) is 9.18 Å². The lowest BCUT2D eigenvalue weighted by atomic mass is 9.90. The summed E-state index contributed by atoms with van der Waals surface area (Å²) in [6, 6.07) is 8.56. The first-order chi connectivity index (χ1) is 11.9. The predicted molar refractivity (Wildman–Crippen MR) is 98.9 cm³/mol. The highest BCUT2D eigenvalue weighted by molar-refractivity contribution is 6.29. The average molecular weight is 361 g/mol. The summed E-state index contributed by atoms with van der Waals surface area (Å²) < 4.78 is 13.1. The normalized spacial score (nSPS) is 15.3. The quantitative estimate of drug-likeness (QED) is 0.764. The molecule has 1 aromatic carbocycles. The molecule has 0 bridgehead atoms. The Bertz CT molecular complexity index is 802. The van der Waals surface area contributed by atoms with Crippen molar-refractivity contribution < 1.29 is 9.18 Å². The third-order valence-electron chi connectivity index (χ3n) is 4.71. The minimum Gasteiger partial charge on any atom is -0.309 e. The lowest BCUT2D eigenvalue weighted by molar-refractivity contribution is -0.116. The monoisotopic (exact) mass is 360 g/mol. The van der Waals surface area contributed by atoms with Crippen molar-refractivity contribution in [3.05, 3.63) is 58.7 Å². The molecule has 0 N–H and O–H groups in total. The van der Waals surface area contributed by atoms with Gasteiger partial charge in [0.1, 0.15) is 11.7 Å². The van der Waals surface area contributed by atoms with Crippen LogP contribution in [0.5, 0.6) is 0 Å². The van der Waals surface area contributed by atoms with E-state index in [0.29, 0.717) is 13.0 Å². The Morgan fingerprint density at radius 3 is 2.60 bits per heavy atom. The van der Waals surface area contributed by atoms with E-state index in [0.717, 1.165) is 34.6 Å². The minimum atomic E-state index is -0.243. The molecule has 0 spiro atoms. The van der Waals surface area contributed by atoms with E-state index in [1.807, 2.05) is 0 Å². The molecule has 0 saturated carbocycles. The van der Waals surface area contributed by atoms with E-state index in [1.165, 1.54) is 12.1 Å². The Balaban J connectivity index is 2.05. The summed E-state index contributed by atoms with van der Waals surface area (Å²) in [5.41, 5.74) is 4.71. The van der Waals surface area contributed by atoms with Gasteiger partial charge in [0.25, 0.3) is 0 Å². The van der Waals surface area contributed by atoms with Crippen LogP contribution in [0.1, 0.15) is 43.3 Å². The summed E-state index contributed by atoms with van der Waals surface area (Å²) in [5.74, 6) is -0.391. The van der Waals surface area contributed by atoms with Gasteiger partial charge in [0.05, 0.1) is 11.4 Å². The molecule has 2 heterocycles. The van der Waals surface area contributed by atoms with Crippen LogP contribution in [-0.2, 0) is 23.1 Å². The Hall–Kier alpha value is -1.94. The van der Waals surface area contributed by atoms with Crippen LogP contribution >= 0.6 is 11.6 Å². The highest BCUT2D eigenvalue weighted by Gasteiger charge is 2.39. The first-order valence-corrected chi connectivity index (χ1v) is 9.03. The first kappa shape index (κ1) is 17.9. The molecule has 132 valence electrons. The second kappa shape index (κ2) is 6.75. The van der Waals surface area contributed by atoms with Crippen LogP contribution in [0.2, 0.25) is 0 Å². The van der Waals surface area contributed by atoms with Gasteiger partial charge in [-0.1, -0.05) is 32.9 Å². The number of aryl methyl sites for hydroxylation is 1. The summed E-state index contributed by atoms with van der Waals surface area (Å²) in [5, 5.41) is 0. The maximum absolute atomic E-state index is 13.1. The van der Waals surface area contributed by atoms with Gasteiger partial charge in [-0.3, -0.25) is 9.78 Å². The summed E-state index contributed by atoms with van der Waals surface area (Å²) in [7, 11) is 0. The fourth-order valence-corrected chi connectivity index (χ4v) is 3.56.